The Morgan fingerprint density at radius 1 is 1.20 bits per heavy atom. The molecule has 0 fully saturated rings. The van der Waals surface area contributed by atoms with E-state index >= 15 is 0 Å². The quantitative estimate of drug-likeness (QED) is 0.790. The van der Waals surface area contributed by atoms with E-state index in [2.05, 4.69) is 17.2 Å². The minimum atomic E-state index is -0.532. The normalized spacial score (nSPS) is 10.9. The van der Waals surface area contributed by atoms with Crippen molar-refractivity contribution in [2.24, 2.45) is 0 Å². The molecule has 1 aromatic heterocycles. The Morgan fingerprint density at radius 2 is 1.95 bits per heavy atom. The van der Waals surface area contributed by atoms with Gasteiger partial charge in [-0.15, -0.1) is 0 Å². The fourth-order valence-corrected chi connectivity index (χ4v) is 2.09. The molecule has 1 aromatic carbocycles. The van der Waals surface area contributed by atoms with Gasteiger partial charge in [0, 0.05) is 25.4 Å². The van der Waals surface area contributed by atoms with E-state index in [-0.39, 0.29) is 0 Å². The molecule has 1 heterocycles. The number of hydrogen-bond donors (Lipinski definition) is 1. The van der Waals surface area contributed by atoms with Gasteiger partial charge in [-0.05, 0) is 37.1 Å². The number of nitrogens with one attached hydrogen (secondary N) is 1. The van der Waals surface area contributed by atoms with Crippen molar-refractivity contribution in [1.82, 2.24) is 14.9 Å². The Balaban J connectivity index is 1.95. The van der Waals surface area contributed by atoms with E-state index in [4.69, 9.17) is 0 Å². The summed E-state index contributed by atoms with van der Waals surface area (Å²) in [5.41, 5.74) is 1.74. The molecule has 0 saturated heterocycles. The van der Waals surface area contributed by atoms with Crippen molar-refractivity contribution in [2.75, 3.05) is 6.54 Å². The molecule has 0 spiro atoms. The Labute approximate surface area is 117 Å². The van der Waals surface area contributed by atoms with Crippen LogP contribution in [0.25, 0.3) is 0 Å². The van der Waals surface area contributed by atoms with Gasteiger partial charge in [0.1, 0.15) is 11.6 Å². The Morgan fingerprint density at radius 3 is 2.65 bits per heavy atom. The van der Waals surface area contributed by atoms with Crippen LogP contribution in [0, 0.1) is 11.6 Å². The molecule has 2 aromatic rings. The van der Waals surface area contributed by atoms with Crippen molar-refractivity contribution in [3.8, 4) is 0 Å². The first-order valence-electron chi connectivity index (χ1n) is 6.83. The Kier molecular flexibility index (Phi) is 5.24. The van der Waals surface area contributed by atoms with Gasteiger partial charge in [0.15, 0.2) is 0 Å². The third-order valence-electron chi connectivity index (χ3n) is 3.10. The van der Waals surface area contributed by atoms with Crippen LogP contribution in [0.15, 0.2) is 30.7 Å². The van der Waals surface area contributed by atoms with Crippen molar-refractivity contribution < 1.29 is 8.78 Å². The molecule has 0 aliphatic rings. The molecular weight excluding hydrogens is 260 g/mol. The summed E-state index contributed by atoms with van der Waals surface area (Å²) < 4.78 is 28.2. The molecule has 108 valence electrons. The molecule has 2 rings (SSSR count). The van der Waals surface area contributed by atoms with E-state index in [9.17, 15) is 8.78 Å². The molecule has 0 aliphatic heterocycles. The summed E-state index contributed by atoms with van der Waals surface area (Å²) in [5.74, 6) is -1.06. The van der Waals surface area contributed by atoms with Crippen LogP contribution in [-0.2, 0) is 19.5 Å². The molecule has 0 radical (unpaired) electrons. The summed E-state index contributed by atoms with van der Waals surface area (Å²) in [6, 6.07) is 3.63. The van der Waals surface area contributed by atoms with E-state index in [1.54, 1.807) is 6.33 Å². The monoisotopic (exact) mass is 279 g/mol. The first kappa shape index (κ1) is 14.7. The summed E-state index contributed by atoms with van der Waals surface area (Å²) in [4.78, 5) is 4.12. The largest absolute Gasteiger partial charge is 0.333 e. The van der Waals surface area contributed by atoms with Gasteiger partial charge in [0.2, 0.25) is 0 Å². The Hall–Kier alpha value is -1.75. The van der Waals surface area contributed by atoms with Crippen LogP contribution in [0.1, 0.15) is 24.6 Å². The van der Waals surface area contributed by atoms with Gasteiger partial charge in [0.25, 0.3) is 0 Å². The summed E-state index contributed by atoms with van der Waals surface area (Å²) in [6.07, 6.45) is 5.22. The average Bonchev–Trinajstić information content (AvgIpc) is 2.83. The summed E-state index contributed by atoms with van der Waals surface area (Å²) >= 11 is 0. The van der Waals surface area contributed by atoms with Crippen molar-refractivity contribution in [3.63, 3.8) is 0 Å². The minimum Gasteiger partial charge on any atom is -0.333 e. The first-order valence-corrected chi connectivity index (χ1v) is 6.83. The maximum Gasteiger partial charge on any atom is 0.126 e. The van der Waals surface area contributed by atoms with Crippen LogP contribution < -0.4 is 5.32 Å². The number of rotatable bonds is 7. The van der Waals surface area contributed by atoms with Crippen LogP contribution in [-0.4, -0.2) is 16.1 Å². The Bertz CT molecular complexity index is 532. The maximum atomic E-state index is 13.1. The average molecular weight is 279 g/mol. The van der Waals surface area contributed by atoms with Gasteiger partial charge in [-0.1, -0.05) is 6.92 Å². The molecule has 20 heavy (non-hydrogen) atoms. The lowest BCUT2D eigenvalue weighted by Gasteiger charge is -2.09. The lowest BCUT2D eigenvalue weighted by molar-refractivity contribution is 0.572. The molecule has 0 bridgehead atoms. The van der Waals surface area contributed by atoms with E-state index in [0.29, 0.717) is 18.5 Å². The number of benzene rings is 1. The lowest BCUT2D eigenvalue weighted by atomic mass is 10.1. The smallest absolute Gasteiger partial charge is 0.126 e. The highest BCUT2D eigenvalue weighted by Gasteiger charge is 2.04. The second-order valence-corrected chi connectivity index (χ2v) is 4.78. The van der Waals surface area contributed by atoms with Crippen molar-refractivity contribution in [1.29, 1.82) is 0 Å². The second-order valence-electron chi connectivity index (χ2n) is 4.78. The zero-order valence-electron chi connectivity index (χ0n) is 11.6. The number of aromatic nitrogens is 2. The minimum absolute atomic E-state index is 0.532. The highest BCUT2D eigenvalue weighted by Crippen LogP contribution is 2.10. The van der Waals surface area contributed by atoms with Crippen LogP contribution in [0.5, 0.6) is 0 Å². The van der Waals surface area contributed by atoms with E-state index < -0.39 is 11.6 Å². The number of nitrogens with zero attached hydrogens (tertiary/aromatic N) is 2. The topological polar surface area (TPSA) is 29.9 Å². The molecule has 3 nitrogen and oxygen atoms in total. The van der Waals surface area contributed by atoms with Gasteiger partial charge in [-0.3, -0.25) is 0 Å². The fraction of sp³-hybridized carbons (Fsp3) is 0.400. The van der Waals surface area contributed by atoms with Gasteiger partial charge in [0.05, 0.1) is 12.0 Å². The lowest BCUT2D eigenvalue weighted by Crippen LogP contribution is -2.17. The van der Waals surface area contributed by atoms with E-state index in [1.807, 2.05) is 10.8 Å². The highest BCUT2D eigenvalue weighted by molar-refractivity contribution is 5.18. The number of hydrogen-bond acceptors (Lipinski definition) is 2. The summed E-state index contributed by atoms with van der Waals surface area (Å²) in [7, 11) is 0. The fourth-order valence-electron chi connectivity index (χ4n) is 2.09. The summed E-state index contributed by atoms with van der Waals surface area (Å²) in [6.45, 7) is 4.49. The number of aryl methyl sites for hydroxylation is 2. The first-order chi connectivity index (χ1) is 9.69. The summed E-state index contributed by atoms with van der Waals surface area (Å²) in [5, 5.41) is 3.31. The van der Waals surface area contributed by atoms with Crippen molar-refractivity contribution in [3.05, 3.63) is 53.6 Å². The second kappa shape index (κ2) is 7.14. The molecular formula is C15H19F2N3. The number of imidazole rings is 1. The van der Waals surface area contributed by atoms with Gasteiger partial charge in [-0.25, -0.2) is 13.8 Å². The van der Waals surface area contributed by atoms with Gasteiger partial charge < -0.3 is 9.88 Å². The molecule has 0 unspecified atom stereocenters. The van der Waals surface area contributed by atoms with Crippen LogP contribution in [0.4, 0.5) is 8.78 Å². The van der Waals surface area contributed by atoms with Crippen LogP contribution in [0.2, 0.25) is 0 Å². The van der Waals surface area contributed by atoms with Crippen LogP contribution in [0.3, 0.4) is 0 Å². The predicted octanol–water partition coefficient (Wildman–Crippen LogP) is 2.90. The predicted molar refractivity (Wildman–Crippen MR) is 74.3 cm³/mol. The zero-order chi connectivity index (χ0) is 14.4. The maximum absolute atomic E-state index is 13.1. The van der Waals surface area contributed by atoms with Crippen molar-refractivity contribution >= 4 is 0 Å². The van der Waals surface area contributed by atoms with Gasteiger partial charge in [-0.2, -0.15) is 0 Å². The van der Waals surface area contributed by atoms with E-state index in [1.165, 1.54) is 12.1 Å². The third kappa shape index (κ3) is 4.13. The number of halogens is 2. The SMILES string of the molecule is CCCNCc1cncn1CCc1cc(F)cc(F)c1. The molecule has 0 saturated carbocycles. The zero-order valence-corrected chi connectivity index (χ0v) is 11.6. The van der Waals surface area contributed by atoms with Crippen molar-refractivity contribution in [2.45, 2.75) is 32.9 Å². The van der Waals surface area contributed by atoms with Gasteiger partial charge >= 0.3 is 0 Å². The molecule has 5 heteroatoms. The third-order valence-corrected chi connectivity index (χ3v) is 3.10. The molecule has 1 N–H and O–H groups in total. The van der Waals surface area contributed by atoms with Crippen LogP contribution >= 0.6 is 0 Å². The molecule has 0 amide bonds. The standard InChI is InChI=1S/C15H19F2N3/c1-2-4-18-9-15-10-19-11-20(15)5-3-12-6-13(16)8-14(17)7-12/h6-8,10-11,18H,2-5,9H2,1H3. The van der Waals surface area contributed by atoms with E-state index in [0.717, 1.165) is 31.3 Å². The molecule has 0 aliphatic carbocycles. The molecule has 0 atom stereocenters. The highest BCUT2D eigenvalue weighted by atomic mass is 19.1.